The number of urea groups is 1. The molecule has 0 rings (SSSR count). The Hall–Kier alpha value is -0.946. The summed E-state index contributed by atoms with van der Waals surface area (Å²) in [6.45, 7) is 2.26. The van der Waals surface area contributed by atoms with Gasteiger partial charge in [0.2, 0.25) is 0 Å². The second-order valence-corrected chi connectivity index (χ2v) is 6.98. The molecule has 0 unspecified atom stereocenters. The zero-order valence-corrected chi connectivity index (χ0v) is 18.5. The van der Waals surface area contributed by atoms with Gasteiger partial charge < -0.3 is 10.6 Å². The predicted octanol–water partition coefficient (Wildman–Crippen LogP) is 5.13. The van der Waals surface area contributed by atoms with Gasteiger partial charge in [0.05, 0.1) is 0 Å². The van der Waals surface area contributed by atoms with Crippen LogP contribution in [0, 0.1) is 0 Å². The quantitative estimate of drug-likeness (QED) is 0.203. The molecule has 7 nitrogen and oxygen atoms in total. The van der Waals surface area contributed by atoms with Crippen molar-refractivity contribution in [3.05, 3.63) is 0 Å². The molecular formula is C19H38N2O5Ti. The maximum atomic E-state index is 11.2. The first-order chi connectivity index (χ1) is 13.1. The Morgan fingerprint density at radius 2 is 1.07 bits per heavy atom. The van der Waals surface area contributed by atoms with Gasteiger partial charge in [0.25, 0.3) is 0 Å². The van der Waals surface area contributed by atoms with Gasteiger partial charge in [-0.1, -0.05) is 96.8 Å². The molecular weight excluding hydrogens is 384 g/mol. The number of hydroxylamine groups is 1. The van der Waals surface area contributed by atoms with E-state index in [0.717, 1.165) is 19.3 Å². The van der Waals surface area contributed by atoms with Gasteiger partial charge in [0.15, 0.2) is 0 Å². The number of nitrogens with two attached hydrogens (primary N) is 1. The number of primary amides is 1. The molecule has 2 amide bonds. The minimum absolute atomic E-state index is 0.332. The molecule has 0 saturated carbocycles. The summed E-state index contributed by atoms with van der Waals surface area (Å²) in [5.41, 5.74) is 6.64. The molecule has 0 heterocycles. The van der Waals surface area contributed by atoms with Crippen LogP contribution in [0.2, 0.25) is 0 Å². The number of hydrogen-bond donors (Lipinski definition) is 2. The van der Waals surface area contributed by atoms with E-state index < -0.39 is 31.1 Å². The molecule has 0 aliphatic carbocycles. The molecule has 0 atom stereocenters. The predicted molar refractivity (Wildman–Crippen MR) is 99.7 cm³/mol. The average Bonchev–Trinajstić information content (AvgIpc) is 2.64. The first-order valence-electron chi connectivity index (χ1n) is 10.3. The van der Waals surface area contributed by atoms with Crippen molar-refractivity contribution < 1.29 is 40.2 Å². The third kappa shape index (κ3) is 30.0. The van der Waals surface area contributed by atoms with E-state index in [1.807, 2.05) is 5.48 Å². The summed E-state index contributed by atoms with van der Waals surface area (Å²) < 4.78 is 17.0. The third-order valence-electron chi connectivity index (χ3n) is 4.25. The van der Waals surface area contributed by atoms with E-state index >= 15 is 0 Å². The monoisotopic (exact) mass is 422 g/mol. The summed E-state index contributed by atoms with van der Waals surface area (Å²) in [6, 6.07) is -0.847. The Morgan fingerprint density at radius 3 is 1.41 bits per heavy atom. The van der Waals surface area contributed by atoms with E-state index in [9.17, 15) is 9.59 Å². The second-order valence-electron chi connectivity index (χ2n) is 6.72. The van der Waals surface area contributed by atoms with Crippen LogP contribution in [0.4, 0.5) is 4.79 Å². The van der Waals surface area contributed by atoms with E-state index in [4.69, 9.17) is 12.4 Å². The van der Waals surface area contributed by atoms with Crippen molar-refractivity contribution in [3.63, 3.8) is 0 Å². The zero-order valence-electron chi connectivity index (χ0n) is 16.9. The van der Waals surface area contributed by atoms with E-state index in [2.05, 4.69) is 11.8 Å². The van der Waals surface area contributed by atoms with Gasteiger partial charge in [-0.05, 0) is 6.42 Å². The van der Waals surface area contributed by atoms with Crippen molar-refractivity contribution in [3.8, 4) is 0 Å². The molecule has 0 aliphatic heterocycles. The number of unbranched alkanes of at least 4 members (excludes halogenated alkanes) is 14. The molecule has 27 heavy (non-hydrogen) atoms. The summed E-state index contributed by atoms with van der Waals surface area (Å²) in [5.74, 6) is -0.427. The molecule has 158 valence electrons. The van der Waals surface area contributed by atoms with Crippen LogP contribution in [0.3, 0.4) is 0 Å². The summed E-state index contributed by atoms with van der Waals surface area (Å²) in [4.78, 5) is 26.0. The average molecular weight is 422 g/mol. The van der Waals surface area contributed by atoms with Crippen LogP contribution in [0.5, 0.6) is 0 Å². The standard InChI is InChI=1S/C19H38N2O3.2O.Ti/c1-2-3-4-5-6-7-8-9-10-11-12-13-14-15-16-17-18(22)24-21-19(20)23;;;/h2-17H2,1H3,(H3,20,21,23);;;. The maximum absolute atomic E-state index is 11.2. The van der Waals surface area contributed by atoms with Gasteiger partial charge in [0, 0.05) is 6.42 Å². The van der Waals surface area contributed by atoms with Gasteiger partial charge in [-0.3, -0.25) is 0 Å². The van der Waals surface area contributed by atoms with Crippen LogP contribution >= 0.6 is 0 Å². The molecule has 0 fully saturated rings. The Kier molecular flexibility index (Phi) is 26.2. The van der Waals surface area contributed by atoms with Crippen molar-refractivity contribution in [1.29, 1.82) is 0 Å². The Labute approximate surface area is 173 Å². The first kappa shape index (κ1) is 28.3. The van der Waals surface area contributed by atoms with Gasteiger partial charge in [-0.2, -0.15) is 5.48 Å². The summed E-state index contributed by atoms with van der Waals surface area (Å²) >= 11 is -2.00. The molecule has 3 N–H and O–H groups in total. The van der Waals surface area contributed by atoms with E-state index in [1.54, 1.807) is 0 Å². The van der Waals surface area contributed by atoms with E-state index in [-0.39, 0.29) is 0 Å². The Bertz CT molecular complexity index is 388. The molecule has 0 bridgehead atoms. The van der Waals surface area contributed by atoms with Crippen molar-refractivity contribution in [1.82, 2.24) is 5.48 Å². The van der Waals surface area contributed by atoms with Crippen molar-refractivity contribution >= 4 is 12.0 Å². The fourth-order valence-electron chi connectivity index (χ4n) is 2.80. The molecule has 0 aromatic carbocycles. The molecule has 8 heteroatoms. The van der Waals surface area contributed by atoms with Crippen molar-refractivity contribution in [2.45, 2.75) is 110 Å². The second kappa shape index (κ2) is 25.1. The van der Waals surface area contributed by atoms with Crippen LogP contribution in [0.1, 0.15) is 110 Å². The van der Waals surface area contributed by atoms with Crippen LogP contribution in [-0.2, 0) is 35.4 Å². The molecule has 0 spiro atoms. The summed E-state index contributed by atoms with van der Waals surface area (Å²) in [6.07, 6.45) is 19.7. The van der Waals surface area contributed by atoms with Gasteiger partial charge >= 0.3 is 37.7 Å². The van der Waals surface area contributed by atoms with E-state index in [0.29, 0.717) is 6.42 Å². The fourth-order valence-corrected chi connectivity index (χ4v) is 2.80. The number of rotatable bonds is 16. The van der Waals surface area contributed by atoms with Gasteiger partial charge in [-0.15, -0.1) is 0 Å². The third-order valence-corrected chi connectivity index (χ3v) is 4.25. The van der Waals surface area contributed by atoms with Crippen LogP contribution < -0.4 is 11.2 Å². The summed E-state index contributed by atoms with van der Waals surface area (Å²) in [5, 5.41) is 0. The summed E-state index contributed by atoms with van der Waals surface area (Å²) in [7, 11) is 0. The van der Waals surface area contributed by atoms with Gasteiger partial charge in [-0.25, -0.2) is 9.59 Å². The Morgan fingerprint density at radius 1 is 0.741 bits per heavy atom. The number of carbonyl (C=O) groups excluding carboxylic acids is 2. The molecule has 0 aromatic rings. The SMILES string of the molecule is CCCCCCCCCCCCCCCCCC(=O)ONC(N)=O.[O]=[Ti]=[O]. The molecule has 0 saturated heterocycles. The Balaban J connectivity index is 0. The molecule has 0 aliphatic rings. The fraction of sp³-hybridized carbons (Fsp3) is 0.895. The number of hydrogen-bond acceptors (Lipinski definition) is 5. The van der Waals surface area contributed by atoms with E-state index in [1.165, 1.54) is 77.0 Å². The first-order valence-corrected chi connectivity index (χ1v) is 11.6. The van der Waals surface area contributed by atoms with Gasteiger partial charge in [0.1, 0.15) is 0 Å². The number of amides is 2. The minimum atomic E-state index is -2.00. The number of nitrogens with one attached hydrogen (secondary N) is 1. The topological polar surface area (TPSA) is 116 Å². The zero-order chi connectivity index (χ0) is 20.6. The molecule has 0 aromatic heterocycles. The van der Waals surface area contributed by atoms with Crippen molar-refractivity contribution in [2.24, 2.45) is 5.73 Å². The van der Waals surface area contributed by atoms with Crippen LogP contribution in [0.25, 0.3) is 0 Å². The number of carbonyl (C=O) groups is 2. The van der Waals surface area contributed by atoms with Crippen molar-refractivity contribution in [2.75, 3.05) is 0 Å². The molecule has 0 radical (unpaired) electrons. The normalized spacial score (nSPS) is 9.67. The van der Waals surface area contributed by atoms with Crippen LogP contribution in [-0.4, -0.2) is 12.0 Å². The van der Waals surface area contributed by atoms with Crippen LogP contribution in [0.15, 0.2) is 0 Å².